The van der Waals surface area contributed by atoms with Crippen LogP contribution in [0, 0.1) is 0 Å². The van der Waals surface area contributed by atoms with Crippen LogP contribution in [0.15, 0.2) is 12.2 Å². The minimum absolute atomic E-state index is 0.0536. The lowest BCUT2D eigenvalue weighted by atomic mass is 10.4. The topological polar surface area (TPSA) is 300 Å². The number of carbonyl (C=O) groups excluding carboxylic acids is 1. The Hall–Kier alpha value is -1.83. The summed E-state index contributed by atoms with van der Waals surface area (Å²) < 4.78 is 4.99. The lowest BCUT2D eigenvalue weighted by molar-refractivity contribution is -1.85. The van der Waals surface area contributed by atoms with Gasteiger partial charge in [-0.1, -0.05) is 40.2 Å². The normalized spacial score (nSPS) is 47.5. The van der Waals surface area contributed by atoms with Crippen LogP contribution >= 0.6 is 0 Å². The van der Waals surface area contributed by atoms with Crippen molar-refractivity contribution < 1.29 is 99.1 Å². The van der Waals surface area contributed by atoms with E-state index in [1.165, 1.54) is 12.2 Å². The minimum Gasteiger partial charge on any atom is -0.462 e. The molecule has 4 fully saturated rings. The molecule has 0 spiro atoms. The number of hydroxylamine groups is 3. The Balaban J connectivity index is 1.71. The van der Waals surface area contributed by atoms with Crippen molar-refractivity contribution in [1.29, 1.82) is 0 Å². The molecule has 206 valence electrons. The Morgan fingerprint density at radius 1 is 0.833 bits per heavy atom. The lowest BCUT2D eigenvalue weighted by Gasteiger charge is -2.38. The molecule has 0 aromatic heterocycles. The van der Waals surface area contributed by atoms with Gasteiger partial charge in [-0.3, -0.25) is 0 Å². The van der Waals surface area contributed by atoms with Crippen LogP contribution in [-0.4, -0.2) is 67.3 Å². The molecule has 4 saturated heterocycles. The van der Waals surface area contributed by atoms with Crippen molar-refractivity contribution in [3.63, 3.8) is 0 Å². The lowest BCUT2D eigenvalue weighted by Crippen LogP contribution is -2.88. The molecule has 4 rings (SSSR count). The molecule has 28 nitrogen and oxygen atoms in total. The van der Waals surface area contributed by atoms with Gasteiger partial charge in [0.05, 0.1) is 21.8 Å². The molecule has 4 aliphatic heterocycles. The van der Waals surface area contributed by atoms with E-state index >= 15 is 0 Å². The molecule has 0 radical (unpaired) electrons. The number of hydrazine groups is 1. The molecule has 6 bridgehead atoms. The number of hydrogen-bond acceptors (Lipinski definition) is 22. The largest absolute Gasteiger partial charge is 0.462 e. The van der Waals surface area contributed by atoms with E-state index in [1.807, 2.05) is 0 Å². The predicted molar refractivity (Wildman–Crippen MR) is 84.6 cm³/mol. The molecule has 0 aromatic carbocycles. The third kappa shape index (κ3) is 5.84. The summed E-state index contributed by atoms with van der Waals surface area (Å²) in [6, 6.07) is 0. The Kier molecular flexibility index (Phi) is 6.93. The second kappa shape index (κ2) is 9.17. The van der Waals surface area contributed by atoms with E-state index < -0.39 is 42.9 Å². The average molecular weight is 542 g/mol. The van der Waals surface area contributed by atoms with Gasteiger partial charge in [-0.25, -0.2) is 10.6 Å². The number of rotatable bonds is 6. The number of fused-ring (bicyclic) bond motifs is 4. The van der Waals surface area contributed by atoms with E-state index in [0.717, 1.165) is 7.11 Å². The first kappa shape index (κ1) is 27.2. The second-order valence-electron chi connectivity index (χ2n) is 6.64. The van der Waals surface area contributed by atoms with Crippen LogP contribution in [0.1, 0.15) is 13.3 Å². The molecule has 0 aromatic rings. The average Bonchev–Trinajstić information content (AvgIpc) is 2.65. The number of nitrogens with zero attached hydrogens (tertiary/aromatic N) is 8. The molecular formula is C8H26N14O14+6. The number of allylic oxidation sites excluding steroid dienone is 1. The highest BCUT2D eigenvalue weighted by atomic mass is 17.7. The standard InChI is InChI=1S/C8H26N14O14/c1-3-5-8(23)25-7-4-6-17(24-2)30-19(11)28-16-26-15(9)27-18(10)32-20(12,29-16)35-22(14,34-19)36-21(13,31-17)33-18/h3,5H,4,6-7,9-14H2,1-2H3/q+6/b5-3+. The zero-order chi connectivity index (χ0) is 26.5. The molecule has 12 N–H and O–H groups in total. The van der Waals surface area contributed by atoms with Crippen molar-refractivity contribution in [1.82, 2.24) is 10.7 Å². The third-order valence-corrected chi connectivity index (χ3v) is 3.72. The molecule has 36 heavy (non-hydrogen) atoms. The first-order valence-corrected chi connectivity index (χ1v) is 9.37. The van der Waals surface area contributed by atoms with E-state index in [4.69, 9.17) is 99.0 Å². The molecular weight excluding hydrogens is 516 g/mol. The van der Waals surface area contributed by atoms with Gasteiger partial charge in [0.1, 0.15) is 7.11 Å². The van der Waals surface area contributed by atoms with Crippen LogP contribution in [-0.2, 0) is 68.7 Å². The summed E-state index contributed by atoms with van der Waals surface area (Å²) in [7, 11) is 1.04. The fourth-order valence-corrected chi connectivity index (χ4v) is 2.66. The predicted octanol–water partition coefficient (Wildman–Crippen LogP) is -5.83. The highest BCUT2D eigenvalue weighted by molar-refractivity contribution is 5.81. The van der Waals surface area contributed by atoms with Crippen LogP contribution < -0.4 is 35.1 Å². The zero-order valence-corrected chi connectivity index (χ0v) is 18.5. The highest BCUT2D eigenvalue weighted by Crippen LogP contribution is 2.37. The van der Waals surface area contributed by atoms with Crippen LogP contribution in [0.2, 0.25) is 0 Å². The Labute approximate surface area is 197 Å². The summed E-state index contributed by atoms with van der Waals surface area (Å²) >= 11 is 0. The van der Waals surface area contributed by atoms with Gasteiger partial charge in [0.15, 0.2) is 21.4 Å². The van der Waals surface area contributed by atoms with Crippen LogP contribution in [0.5, 0.6) is 0 Å². The summed E-state index contributed by atoms with van der Waals surface area (Å²) in [5.41, 5.74) is 0. The molecule has 4 aliphatic rings. The summed E-state index contributed by atoms with van der Waals surface area (Å²) in [6.45, 7) is 1.02. The Morgan fingerprint density at radius 2 is 1.33 bits per heavy atom. The number of esters is 1. The smallest absolute Gasteiger partial charge is 0.360 e. The monoisotopic (exact) mass is 542 g/mol. The van der Waals surface area contributed by atoms with Crippen LogP contribution in [0.4, 0.5) is 0 Å². The van der Waals surface area contributed by atoms with Gasteiger partial charge in [0.25, 0.3) is 0 Å². The van der Waals surface area contributed by atoms with Crippen molar-refractivity contribution in [2.45, 2.75) is 13.3 Å². The fourth-order valence-electron chi connectivity index (χ4n) is 2.66. The van der Waals surface area contributed by atoms with Gasteiger partial charge in [-0.05, 0) is 6.92 Å². The maximum absolute atomic E-state index is 11.6. The Bertz CT molecular complexity index is 886. The maximum atomic E-state index is 11.6. The third-order valence-electron chi connectivity index (χ3n) is 3.72. The van der Waals surface area contributed by atoms with Crippen molar-refractivity contribution >= 4 is 5.97 Å². The molecule has 0 amide bonds. The van der Waals surface area contributed by atoms with Crippen molar-refractivity contribution in [3.8, 4) is 0 Å². The molecule has 0 saturated carbocycles. The first-order valence-electron chi connectivity index (χ1n) is 9.37. The van der Waals surface area contributed by atoms with Gasteiger partial charge in [0.2, 0.25) is 30.1 Å². The Morgan fingerprint density at radius 3 is 1.94 bits per heavy atom. The van der Waals surface area contributed by atoms with E-state index in [0.29, 0.717) is 0 Å². The molecule has 7 unspecified atom stereocenters. The van der Waals surface area contributed by atoms with E-state index in [9.17, 15) is 4.79 Å². The minimum atomic E-state index is -2.24. The van der Waals surface area contributed by atoms with Gasteiger partial charge in [0, 0.05) is 17.4 Å². The molecule has 4 heterocycles. The second-order valence-corrected chi connectivity index (χ2v) is 6.64. The highest BCUT2D eigenvalue weighted by Gasteiger charge is 2.84. The summed E-state index contributed by atoms with van der Waals surface area (Å²) in [5.74, 6) is 34.1. The van der Waals surface area contributed by atoms with Gasteiger partial charge in [-0.15, -0.1) is 4.84 Å². The number of carbonyl (C=O) groups is 1. The quantitative estimate of drug-likeness (QED) is 0.0598. The molecule has 7 atom stereocenters. The number of hydrogen-bond donors (Lipinski definition) is 6. The summed E-state index contributed by atoms with van der Waals surface area (Å²) in [6.07, 6.45) is 2.61. The zero-order valence-electron chi connectivity index (χ0n) is 18.5. The van der Waals surface area contributed by atoms with E-state index in [-0.39, 0.29) is 23.8 Å². The molecule has 0 aliphatic carbocycles. The summed E-state index contributed by atoms with van der Waals surface area (Å²) in [4.78, 5) is 71.1. The summed E-state index contributed by atoms with van der Waals surface area (Å²) in [5, 5.41) is -11.2. The van der Waals surface area contributed by atoms with Crippen LogP contribution in [0.3, 0.4) is 0 Å². The van der Waals surface area contributed by atoms with E-state index in [1.54, 1.807) is 6.92 Å². The first-order chi connectivity index (χ1) is 16.6. The van der Waals surface area contributed by atoms with Crippen molar-refractivity contribution in [2.24, 2.45) is 35.1 Å². The van der Waals surface area contributed by atoms with Gasteiger partial charge < -0.3 is 4.74 Å². The number of quaternary nitrogens is 6. The fraction of sp³-hybridized carbons (Fsp3) is 0.625. The maximum Gasteiger partial charge on any atom is 0.360 e. The van der Waals surface area contributed by atoms with Gasteiger partial charge >= 0.3 is 31.4 Å². The number of ether oxygens (including phenoxy) is 1. The van der Waals surface area contributed by atoms with Crippen molar-refractivity contribution in [2.75, 3.05) is 20.3 Å². The van der Waals surface area contributed by atoms with Gasteiger partial charge in [-0.2, -0.15) is 0 Å². The van der Waals surface area contributed by atoms with E-state index in [2.05, 4.69) is 0 Å². The van der Waals surface area contributed by atoms with Crippen molar-refractivity contribution in [3.05, 3.63) is 12.2 Å². The number of nitrogens with two attached hydrogens (primary N) is 6. The SMILES string of the molecule is C/C=C/C(=O)OCCC[N+]1(OC)O[N+]2(N)ON3ON(N)O[N+]4(N)O[N+](N)(O3)O[N+](N)(O2)O[N+](N)(O4)O1. The molecule has 28 heteroatoms. The van der Waals surface area contributed by atoms with Crippen LogP contribution in [0.25, 0.3) is 0 Å².